The number of rotatable bonds is 9. The zero-order valence-electron chi connectivity index (χ0n) is 14.9. The third-order valence-electron chi connectivity index (χ3n) is 3.71. The van der Waals surface area contributed by atoms with E-state index in [1.807, 2.05) is 0 Å². The zero-order chi connectivity index (χ0) is 19.8. The van der Waals surface area contributed by atoms with Gasteiger partial charge in [-0.15, -0.1) is 0 Å². The Morgan fingerprint density at radius 2 is 1.63 bits per heavy atom. The summed E-state index contributed by atoms with van der Waals surface area (Å²) in [6.07, 6.45) is 0.571. The normalized spacial score (nSPS) is 12.6. The molecule has 0 aliphatic carbocycles. The van der Waals surface area contributed by atoms with Crippen molar-refractivity contribution in [3.8, 4) is 0 Å². The van der Waals surface area contributed by atoms with Crippen molar-refractivity contribution in [2.75, 3.05) is 26.3 Å². The second-order valence-corrected chi connectivity index (χ2v) is 5.66. The summed E-state index contributed by atoms with van der Waals surface area (Å²) in [4.78, 5) is 59.6. The smallest absolute Gasteiger partial charge is 0.326 e. The number of carbonyl (C=O) groups excluding carboxylic acids is 5. The molecule has 0 bridgehead atoms. The summed E-state index contributed by atoms with van der Waals surface area (Å²) >= 11 is 0. The van der Waals surface area contributed by atoms with Crippen molar-refractivity contribution in [2.45, 2.75) is 19.8 Å². The quantitative estimate of drug-likeness (QED) is 0.374. The van der Waals surface area contributed by atoms with Crippen molar-refractivity contribution in [3.05, 3.63) is 35.4 Å². The van der Waals surface area contributed by atoms with Crippen LogP contribution in [0.4, 0.5) is 0 Å². The molecule has 1 aliphatic heterocycles. The molecule has 0 saturated carbocycles. The Morgan fingerprint density at radius 3 is 2.22 bits per heavy atom. The fourth-order valence-electron chi connectivity index (χ4n) is 2.45. The van der Waals surface area contributed by atoms with Gasteiger partial charge in [-0.2, -0.15) is 0 Å². The number of carbonyl (C=O) groups is 5. The van der Waals surface area contributed by atoms with Gasteiger partial charge in [0.15, 0.2) is 6.61 Å². The van der Waals surface area contributed by atoms with Gasteiger partial charge in [0.05, 0.1) is 17.7 Å². The summed E-state index contributed by atoms with van der Waals surface area (Å²) in [7, 11) is 0. The van der Waals surface area contributed by atoms with Crippen molar-refractivity contribution in [1.29, 1.82) is 0 Å². The fraction of sp³-hybridized carbons (Fsp3) is 0.389. The summed E-state index contributed by atoms with van der Waals surface area (Å²) in [5.74, 6) is -2.91. The van der Waals surface area contributed by atoms with Crippen molar-refractivity contribution >= 4 is 29.7 Å². The summed E-state index contributed by atoms with van der Waals surface area (Å²) < 4.78 is 9.54. The van der Waals surface area contributed by atoms with Gasteiger partial charge in [0, 0.05) is 13.0 Å². The summed E-state index contributed by atoms with van der Waals surface area (Å²) in [6.45, 7) is 1.13. The predicted molar refractivity (Wildman–Crippen MR) is 91.6 cm³/mol. The second kappa shape index (κ2) is 9.46. The fourth-order valence-corrected chi connectivity index (χ4v) is 2.45. The summed E-state index contributed by atoms with van der Waals surface area (Å²) in [5, 5.41) is 2.49. The molecule has 1 aromatic carbocycles. The molecular formula is C18H20N2O7. The largest absolute Gasteiger partial charge is 0.466 e. The van der Waals surface area contributed by atoms with Crippen molar-refractivity contribution < 1.29 is 33.4 Å². The highest BCUT2D eigenvalue weighted by atomic mass is 16.5. The average Bonchev–Trinajstić information content (AvgIpc) is 2.89. The molecule has 1 N–H and O–H groups in total. The van der Waals surface area contributed by atoms with Crippen LogP contribution in [0.15, 0.2) is 24.3 Å². The number of nitrogens with one attached hydrogen (secondary N) is 1. The number of esters is 2. The Balaban J connectivity index is 1.69. The number of hydrogen-bond donors (Lipinski definition) is 1. The highest BCUT2D eigenvalue weighted by Gasteiger charge is 2.36. The zero-order valence-corrected chi connectivity index (χ0v) is 14.9. The van der Waals surface area contributed by atoms with Gasteiger partial charge >= 0.3 is 11.9 Å². The minimum Gasteiger partial charge on any atom is -0.466 e. The topological polar surface area (TPSA) is 119 Å². The van der Waals surface area contributed by atoms with E-state index in [4.69, 9.17) is 9.47 Å². The first-order valence-electron chi connectivity index (χ1n) is 8.47. The molecule has 9 nitrogen and oxygen atoms in total. The Morgan fingerprint density at radius 1 is 1.00 bits per heavy atom. The molecule has 1 aromatic rings. The molecule has 0 unspecified atom stereocenters. The van der Waals surface area contributed by atoms with Gasteiger partial charge < -0.3 is 14.8 Å². The van der Waals surface area contributed by atoms with Crippen LogP contribution in [0, 0.1) is 0 Å². The molecule has 0 atom stereocenters. The maximum Gasteiger partial charge on any atom is 0.326 e. The van der Waals surface area contributed by atoms with Crippen LogP contribution in [-0.2, 0) is 23.9 Å². The first-order valence-corrected chi connectivity index (χ1v) is 8.47. The lowest BCUT2D eigenvalue weighted by Gasteiger charge is -2.13. The van der Waals surface area contributed by atoms with Gasteiger partial charge in [-0.25, -0.2) is 0 Å². The van der Waals surface area contributed by atoms with E-state index in [2.05, 4.69) is 5.32 Å². The van der Waals surface area contributed by atoms with Crippen molar-refractivity contribution in [1.82, 2.24) is 10.2 Å². The van der Waals surface area contributed by atoms with Crippen LogP contribution in [0.3, 0.4) is 0 Å². The molecule has 2 rings (SSSR count). The van der Waals surface area contributed by atoms with Gasteiger partial charge in [0.1, 0.15) is 6.54 Å². The number of hydrogen-bond acceptors (Lipinski definition) is 7. The molecule has 0 spiro atoms. The van der Waals surface area contributed by atoms with Gasteiger partial charge in [-0.05, 0) is 25.5 Å². The molecule has 144 valence electrons. The molecule has 3 amide bonds. The van der Waals surface area contributed by atoms with E-state index in [-0.39, 0.29) is 30.1 Å². The number of benzene rings is 1. The molecule has 1 heterocycles. The second-order valence-electron chi connectivity index (χ2n) is 5.66. The molecule has 27 heavy (non-hydrogen) atoms. The molecule has 0 radical (unpaired) electrons. The monoisotopic (exact) mass is 376 g/mol. The first kappa shape index (κ1) is 20.1. The van der Waals surface area contributed by atoms with Gasteiger partial charge in [0.25, 0.3) is 17.7 Å². The van der Waals surface area contributed by atoms with E-state index < -0.39 is 36.8 Å². The molecule has 0 saturated heterocycles. The summed E-state index contributed by atoms with van der Waals surface area (Å²) in [6, 6.07) is 6.26. The lowest BCUT2D eigenvalue weighted by Crippen LogP contribution is -2.37. The van der Waals surface area contributed by atoms with Crippen LogP contribution in [0.2, 0.25) is 0 Å². The number of fused-ring (bicyclic) bond motifs is 1. The van der Waals surface area contributed by atoms with Gasteiger partial charge in [0.2, 0.25) is 0 Å². The van der Waals surface area contributed by atoms with Crippen LogP contribution in [0.1, 0.15) is 40.5 Å². The van der Waals surface area contributed by atoms with Crippen LogP contribution < -0.4 is 5.32 Å². The van der Waals surface area contributed by atoms with E-state index in [1.165, 1.54) is 12.1 Å². The van der Waals surface area contributed by atoms with Gasteiger partial charge in [-0.3, -0.25) is 28.9 Å². The number of nitrogens with zero attached hydrogens (tertiary/aromatic N) is 1. The van der Waals surface area contributed by atoms with E-state index >= 15 is 0 Å². The Labute approximate surface area is 155 Å². The minimum atomic E-state index is -0.869. The van der Waals surface area contributed by atoms with Crippen LogP contribution in [0.5, 0.6) is 0 Å². The van der Waals surface area contributed by atoms with Crippen molar-refractivity contribution in [2.24, 2.45) is 0 Å². The highest BCUT2D eigenvalue weighted by molar-refractivity contribution is 6.22. The SMILES string of the molecule is CCOC(=O)CCCNC(=O)COC(=O)CN1C(=O)c2ccccc2C1=O. The molecule has 0 aromatic heterocycles. The lowest BCUT2D eigenvalue weighted by atomic mass is 10.1. The number of amides is 3. The minimum absolute atomic E-state index is 0.174. The highest BCUT2D eigenvalue weighted by Crippen LogP contribution is 2.21. The Kier molecular flexibility index (Phi) is 7.04. The Bertz CT molecular complexity index is 725. The predicted octanol–water partition coefficient (Wildman–Crippen LogP) is 0.285. The maximum absolute atomic E-state index is 12.1. The van der Waals surface area contributed by atoms with Crippen molar-refractivity contribution in [3.63, 3.8) is 0 Å². The van der Waals surface area contributed by atoms with E-state index in [0.29, 0.717) is 13.0 Å². The lowest BCUT2D eigenvalue weighted by molar-refractivity contribution is -0.148. The summed E-state index contributed by atoms with van der Waals surface area (Å²) in [5.41, 5.74) is 0.462. The van der Waals surface area contributed by atoms with Crippen LogP contribution >= 0.6 is 0 Å². The third kappa shape index (κ3) is 5.37. The van der Waals surface area contributed by atoms with Crippen LogP contribution in [0.25, 0.3) is 0 Å². The standard InChI is InChI=1S/C18H20N2O7/c1-2-26-15(22)8-5-9-19-14(21)11-27-16(23)10-20-17(24)12-6-3-4-7-13(12)18(20)25/h3-4,6-7H,2,5,8-11H2,1H3,(H,19,21). The molecule has 9 heteroatoms. The van der Waals surface area contributed by atoms with E-state index in [0.717, 1.165) is 4.90 Å². The molecular weight excluding hydrogens is 356 g/mol. The van der Waals surface area contributed by atoms with E-state index in [9.17, 15) is 24.0 Å². The maximum atomic E-state index is 12.1. The Hall–Kier alpha value is -3.23. The molecule has 1 aliphatic rings. The van der Waals surface area contributed by atoms with E-state index in [1.54, 1.807) is 19.1 Å². The van der Waals surface area contributed by atoms with Crippen LogP contribution in [-0.4, -0.2) is 60.9 Å². The average molecular weight is 376 g/mol. The third-order valence-corrected chi connectivity index (χ3v) is 3.71. The van der Waals surface area contributed by atoms with Gasteiger partial charge in [-0.1, -0.05) is 12.1 Å². The number of imide groups is 1. The number of ether oxygens (including phenoxy) is 2. The first-order chi connectivity index (χ1) is 12.9. The molecule has 0 fully saturated rings.